The highest BCUT2D eigenvalue weighted by molar-refractivity contribution is 5.72. The summed E-state index contributed by atoms with van der Waals surface area (Å²) >= 11 is 0. The molecule has 0 aliphatic carbocycles. The molecule has 0 aromatic rings. The van der Waals surface area contributed by atoms with Gasteiger partial charge in [-0.25, -0.2) is 0 Å². The molecular formula is C75H112O6. The molecule has 0 radical (unpaired) electrons. The van der Waals surface area contributed by atoms with Crippen LogP contribution in [-0.4, -0.2) is 37.2 Å². The molecule has 6 nitrogen and oxygen atoms in total. The second kappa shape index (κ2) is 66.5. The number of hydrogen-bond acceptors (Lipinski definition) is 6. The van der Waals surface area contributed by atoms with Crippen LogP contribution in [0.15, 0.2) is 207 Å². The minimum absolute atomic E-state index is 0.0769. The molecule has 0 aliphatic heterocycles. The van der Waals surface area contributed by atoms with Gasteiger partial charge in [-0.1, -0.05) is 266 Å². The van der Waals surface area contributed by atoms with Gasteiger partial charge in [0, 0.05) is 12.8 Å². The SMILES string of the molecule is CC/C=C\C/C=C\C/C=C\C/C=C\C/C=C\C/C=C\C/C=C\C/C=C\C/C=C\C/C=C\CCCCCCC(=O)OCC(COC(=O)CCCCCCC/C=C\C/C=C\CCC)OC(=O)C/C=C\C/C=C\C/C=C\C/C=C\C/C=C\CC. The van der Waals surface area contributed by atoms with Crippen molar-refractivity contribution < 1.29 is 28.6 Å². The van der Waals surface area contributed by atoms with E-state index in [4.69, 9.17) is 14.2 Å². The molecule has 0 rings (SSSR count). The second-order valence-corrected chi connectivity index (χ2v) is 19.9. The maximum atomic E-state index is 12.8. The lowest BCUT2D eigenvalue weighted by Gasteiger charge is -2.18. The Morgan fingerprint density at radius 3 is 0.815 bits per heavy atom. The minimum Gasteiger partial charge on any atom is -0.462 e. The summed E-state index contributed by atoms with van der Waals surface area (Å²) < 4.78 is 16.7. The van der Waals surface area contributed by atoms with Crippen LogP contribution in [0.1, 0.15) is 226 Å². The molecule has 81 heavy (non-hydrogen) atoms. The van der Waals surface area contributed by atoms with E-state index in [1.165, 1.54) is 6.42 Å². The van der Waals surface area contributed by atoms with E-state index in [0.29, 0.717) is 19.3 Å². The number of carbonyl (C=O) groups is 3. The monoisotopic (exact) mass is 1110 g/mol. The van der Waals surface area contributed by atoms with E-state index in [0.717, 1.165) is 173 Å². The van der Waals surface area contributed by atoms with Crippen LogP contribution in [0.4, 0.5) is 0 Å². The zero-order chi connectivity index (χ0) is 58.5. The molecule has 0 saturated heterocycles. The highest BCUT2D eigenvalue weighted by Gasteiger charge is 2.19. The zero-order valence-electron chi connectivity index (χ0n) is 51.2. The molecule has 0 aliphatic rings. The Bertz CT molecular complexity index is 2000. The van der Waals surface area contributed by atoms with Gasteiger partial charge in [-0.05, 0) is 148 Å². The third-order valence-electron chi connectivity index (χ3n) is 12.3. The van der Waals surface area contributed by atoms with E-state index in [1.807, 2.05) is 6.08 Å². The van der Waals surface area contributed by atoms with Crippen molar-refractivity contribution in [3.05, 3.63) is 207 Å². The fourth-order valence-corrected chi connectivity index (χ4v) is 7.64. The van der Waals surface area contributed by atoms with Crippen LogP contribution >= 0.6 is 0 Å². The minimum atomic E-state index is -0.862. The molecule has 0 bridgehead atoms. The van der Waals surface area contributed by atoms with Crippen LogP contribution in [0.5, 0.6) is 0 Å². The smallest absolute Gasteiger partial charge is 0.310 e. The molecule has 6 heteroatoms. The number of unbranched alkanes of at least 4 members (excludes halogenated alkanes) is 10. The molecule has 448 valence electrons. The highest BCUT2D eigenvalue weighted by atomic mass is 16.6. The molecule has 0 spiro atoms. The van der Waals surface area contributed by atoms with Crippen LogP contribution in [0.25, 0.3) is 0 Å². The summed E-state index contributed by atoms with van der Waals surface area (Å²) in [6, 6.07) is 0. The molecule has 0 N–H and O–H groups in total. The van der Waals surface area contributed by atoms with E-state index in [1.54, 1.807) is 6.08 Å². The van der Waals surface area contributed by atoms with E-state index in [-0.39, 0.29) is 31.6 Å². The normalized spacial score (nSPS) is 13.6. The van der Waals surface area contributed by atoms with Crippen molar-refractivity contribution in [3.63, 3.8) is 0 Å². The van der Waals surface area contributed by atoms with Gasteiger partial charge in [-0.15, -0.1) is 0 Å². The Labute approximate surface area is 496 Å². The van der Waals surface area contributed by atoms with Crippen molar-refractivity contribution in [1.29, 1.82) is 0 Å². The second-order valence-electron chi connectivity index (χ2n) is 19.9. The van der Waals surface area contributed by atoms with Gasteiger partial charge in [0.25, 0.3) is 0 Å². The number of allylic oxidation sites excluding steroid dienone is 33. The Morgan fingerprint density at radius 2 is 0.519 bits per heavy atom. The predicted molar refractivity (Wildman–Crippen MR) is 352 cm³/mol. The van der Waals surface area contributed by atoms with Crippen LogP contribution in [0.2, 0.25) is 0 Å². The maximum Gasteiger partial charge on any atom is 0.310 e. The Balaban J connectivity index is 4.42. The summed E-state index contributed by atoms with van der Waals surface area (Å²) in [5.74, 6) is -1.13. The largest absolute Gasteiger partial charge is 0.462 e. The first kappa shape index (κ1) is 75.0. The quantitative estimate of drug-likeness (QED) is 0.0261. The predicted octanol–water partition coefficient (Wildman–Crippen LogP) is 22.0. The lowest BCUT2D eigenvalue weighted by Crippen LogP contribution is -2.30. The molecule has 0 fully saturated rings. The van der Waals surface area contributed by atoms with E-state index in [2.05, 4.69) is 215 Å². The molecule has 0 aromatic heterocycles. The fraction of sp³-hybridized carbons (Fsp3) is 0.507. The molecule has 0 saturated carbocycles. The van der Waals surface area contributed by atoms with Gasteiger partial charge in [0.1, 0.15) is 13.2 Å². The zero-order valence-corrected chi connectivity index (χ0v) is 51.2. The topological polar surface area (TPSA) is 78.9 Å². The van der Waals surface area contributed by atoms with Crippen LogP contribution in [0, 0.1) is 0 Å². The lowest BCUT2D eigenvalue weighted by molar-refractivity contribution is -0.166. The van der Waals surface area contributed by atoms with Gasteiger partial charge < -0.3 is 14.2 Å². The molecule has 1 unspecified atom stereocenters. The van der Waals surface area contributed by atoms with Crippen LogP contribution in [0.3, 0.4) is 0 Å². The van der Waals surface area contributed by atoms with Gasteiger partial charge in [-0.3, -0.25) is 14.4 Å². The first-order chi connectivity index (χ1) is 40.0. The van der Waals surface area contributed by atoms with Crippen molar-refractivity contribution in [2.24, 2.45) is 0 Å². The van der Waals surface area contributed by atoms with E-state index in [9.17, 15) is 14.4 Å². The molecule has 1 atom stereocenters. The number of rotatable bonds is 54. The highest BCUT2D eigenvalue weighted by Crippen LogP contribution is 2.12. The molecule has 0 aromatic carbocycles. The molecule has 0 heterocycles. The first-order valence-electron chi connectivity index (χ1n) is 31.6. The van der Waals surface area contributed by atoms with Crippen LogP contribution < -0.4 is 0 Å². The van der Waals surface area contributed by atoms with Crippen molar-refractivity contribution in [2.45, 2.75) is 232 Å². The van der Waals surface area contributed by atoms with Crippen molar-refractivity contribution in [3.8, 4) is 0 Å². The lowest BCUT2D eigenvalue weighted by atomic mass is 10.1. The van der Waals surface area contributed by atoms with Crippen molar-refractivity contribution in [1.82, 2.24) is 0 Å². The number of esters is 3. The van der Waals surface area contributed by atoms with Gasteiger partial charge >= 0.3 is 17.9 Å². The van der Waals surface area contributed by atoms with E-state index < -0.39 is 12.1 Å². The van der Waals surface area contributed by atoms with Gasteiger partial charge in [0.05, 0.1) is 6.42 Å². The average molecular weight is 1110 g/mol. The summed E-state index contributed by atoms with van der Waals surface area (Å²) in [5.41, 5.74) is 0. The Kier molecular flexibility index (Phi) is 61.6. The van der Waals surface area contributed by atoms with Gasteiger partial charge in [0.15, 0.2) is 6.10 Å². The van der Waals surface area contributed by atoms with Crippen LogP contribution in [-0.2, 0) is 28.6 Å². The molecular weight excluding hydrogens is 997 g/mol. The summed E-state index contributed by atoms with van der Waals surface area (Å²) in [4.78, 5) is 38.1. The van der Waals surface area contributed by atoms with E-state index >= 15 is 0 Å². The average Bonchev–Trinajstić information content (AvgIpc) is 3.46. The third-order valence-corrected chi connectivity index (χ3v) is 12.3. The number of hydrogen-bond donors (Lipinski definition) is 0. The maximum absolute atomic E-state index is 12.8. The first-order valence-corrected chi connectivity index (χ1v) is 31.6. The fourth-order valence-electron chi connectivity index (χ4n) is 7.64. The van der Waals surface area contributed by atoms with Gasteiger partial charge in [0.2, 0.25) is 0 Å². The Hall–Kier alpha value is -6.01. The standard InChI is InChI=1S/C75H112O6/c1-4-7-10-13-16-19-22-25-27-28-29-30-31-32-33-34-35-36-37-38-39-40-41-42-43-44-45-46-48-50-53-56-59-62-65-68-74(77)80-71-72(70-79-73(76)67-64-61-58-55-52-49-24-21-18-15-12-9-6-3)81-75(78)69-66-63-60-57-54-51-47-26-23-20-17-14-11-8-5-2/h7-8,10-12,15-17,19-21,24-27,29-30,32-33,35-36,38-39,41-42,44-45,47-48,50,54,57,63,66,72H,4-6,9,13-14,18,22-23,28,31,34,37,40,43,46,49,51-53,55-56,58-62,64-65,67-71H2,1-3H3/b10-7-,11-8-,15-12-,19-16-,20-17-,24-21-,27-25-,30-29-,33-32-,36-35-,39-38-,42-41-,45-44-,47-26-,50-48-,57-54-,66-63-. The summed E-state index contributed by atoms with van der Waals surface area (Å²) in [5, 5.41) is 0. The van der Waals surface area contributed by atoms with Gasteiger partial charge in [-0.2, -0.15) is 0 Å². The van der Waals surface area contributed by atoms with Crippen molar-refractivity contribution >= 4 is 17.9 Å². The Morgan fingerprint density at radius 1 is 0.272 bits per heavy atom. The number of ether oxygens (including phenoxy) is 3. The van der Waals surface area contributed by atoms with Crippen molar-refractivity contribution in [2.75, 3.05) is 13.2 Å². The third kappa shape index (κ3) is 64.7. The summed E-state index contributed by atoms with van der Waals surface area (Å²) in [7, 11) is 0. The summed E-state index contributed by atoms with van der Waals surface area (Å²) in [6.07, 6.45) is 103. The summed E-state index contributed by atoms with van der Waals surface area (Å²) in [6.45, 7) is 6.20. The number of carbonyl (C=O) groups excluding carboxylic acids is 3. The molecule has 0 amide bonds.